The minimum atomic E-state index is -1.04. The number of nitrogens with zero attached hydrogens (tertiary/aromatic N) is 1. The topological polar surface area (TPSA) is 73.4 Å². The Bertz CT molecular complexity index is 661. The van der Waals surface area contributed by atoms with Crippen LogP contribution in [0.2, 0.25) is 0 Å². The van der Waals surface area contributed by atoms with Crippen LogP contribution in [0.1, 0.15) is 35.8 Å². The number of fused-ring (bicyclic) bond motifs is 1. The van der Waals surface area contributed by atoms with Crippen molar-refractivity contribution in [2.45, 2.75) is 26.2 Å². The highest BCUT2D eigenvalue weighted by Crippen LogP contribution is 2.23. The Labute approximate surface area is 123 Å². The first-order chi connectivity index (χ1) is 10.0. The molecule has 5 nitrogen and oxygen atoms in total. The van der Waals surface area contributed by atoms with E-state index in [1.54, 1.807) is 11.9 Å². The molecule has 112 valence electrons. The first-order valence-electron chi connectivity index (χ1n) is 7.11. The largest absolute Gasteiger partial charge is 0.477 e. The van der Waals surface area contributed by atoms with Crippen molar-refractivity contribution in [1.82, 2.24) is 9.88 Å². The minimum absolute atomic E-state index is 0.0595. The van der Waals surface area contributed by atoms with Crippen LogP contribution in [0.4, 0.5) is 0 Å². The summed E-state index contributed by atoms with van der Waals surface area (Å²) in [5, 5.41) is 10.1. The second-order valence-electron chi connectivity index (χ2n) is 5.17. The summed E-state index contributed by atoms with van der Waals surface area (Å²) in [5.41, 5.74) is 1.41. The van der Waals surface area contributed by atoms with Gasteiger partial charge in [-0.25, -0.2) is 4.79 Å². The highest BCUT2D eigenvalue weighted by molar-refractivity contribution is 5.99. The first kappa shape index (κ1) is 15.1. The molecule has 1 heterocycles. The number of unbranched alkanes of at least 4 members (excludes halogenated alkanes) is 1. The normalized spacial score (nSPS) is 10.8. The van der Waals surface area contributed by atoms with Crippen molar-refractivity contribution in [1.29, 1.82) is 0 Å². The van der Waals surface area contributed by atoms with Gasteiger partial charge in [-0.3, -0.25) is 4.79 Å². The molecule has 1 amide bonds. The van der Waals surface area contributed by atoms with Crippen molar-refractivity contribution < 1.29 is 14.7 Å². The van der Waals surface area contributed by atoms with Crippen molar-refractivity contribution in [3.8, 4) is 0 Å². The number of aromatic amines is 1. The molecule has 2 N–H and O–H groups in total. The number of carbonyl (C=O) groups is 2. The van der Waals surface area contributed by atoms with E-state index in [0.717, 1.165) is 23.7 Å². The number of para-hydroxylation sites is 1. The molecular formula is C16H20N2O3. The summed E-state index contributed by atoms with van der Waals surface area (Å²) >= 11 is 0. The average molecular weight is 288 g/mol. The Morgan fingerprint density at radius 1 is 1.29 bits per heavy atom. The lowest BCUT2D eigenvalue weighted by Crippen LogP contribution is -2.29. The van der Waals surface area contributed by atoms with E-state index in [-0.39, 0.29) is 18.0 Å². The van der Waals surface area contributed by atoms with Gasteiger partial charge >= 0.3 is 5.97 Å². The van der Waals surface area contributed by atoms with Crippen molar-refractivity contribution in [3.63, 3.8) is 0 Å². The number of carboxylic acids is 1. The zero-order valence-corrected chi connectivity index (χ0v) is 12.3. The van der Waals surface area contributed by atoms with Crippen molar-refractivity contribution in [2.75, 3.05) is 13.6 Å². The number of H-pyrrole nitrogens is 1. The van der Waals surface area contributed by atoms with E-state index in [0.29, 0.717) is 12.1 Å². The number of carboxylic acid groups (broad SMARTS) is 1. The molecule has 0 unspecified atom stereocenters. The number of aromatic nitrogens is 1. The van der Waals surface area contributed by atoms with Crippen LogP contribution in [0, 0.1) is 0 Å². The molecule has 0 aliphatic carbocycles. The number of benzene rings is 1. The molecule has 0 fully saturated rings. The van der Waals surface area contributed by atoms with Crippen LogP contribution in [0.5, 0.6) is 0 Å². The summed E-state index contributed by atoms with van der Waals surface area (Å²) in [5.74, 6) is -1.10. The summed E-state index contributed by atoms with van der Waals surface area (Å²) in [4.78, 5) is 28.2. The molecule has 2 rings (SSSR count). The SMILES string of the molecule is CCCCN(C)C(=O)Cc1c(C(=O)O)[nH]c2ccccc12. The van der Waals surface area contributed by atoms with E-state index in [4.69, 9.17) is 0 Å². The number of carbonyl (C=O) groups excluding carboxylic acids is 1. The number of hydrogen-bond donors (Lipinski definition) is 2. The predicted octanol–water partition coefficient (Wildman–Crippen LogP) is 2.67. The molecule has 0 saturated carbocycles. The highest BCUT2D eigenvalue weighted by atomic mass is 16.4. The predicted molar refractivity (Wildman–Crippen MR) is 81.5 cm³/mol. The van der Waals surface area contributed by atoms with E-state index in [9.17, 15) is 14.7 Å². The number of nitrogens with one attached hydrogen (secondary N) is 1. The fourth-order valence-corrected chi connectivity index (χ4v) is 2.37. The highest BCUT2D eigenvalue weighted by Gasteiger charge is 2.20. The molecule has 2 aromatic rings. The molecule has 0 spiro atoms. The fourth-order valence-electron chi connectivity index (χ4n) is 2.37. The first-order valence-corrected chi connectivity index (χ1v) is 7.11. The Balaban J connectivity index is 2.30. The molecule has 0 aliphatic heterocycles. The van der Waals surface area contributed by atoms with E-state index in [2.05, 4.69) is 11.9 Å². The Kier molecular flexibility index (Phi) is 4.62. The summed E-state index contributed by atoms with van der Waals surface area (Å²) in [7, 11) is 1.76. The molecule has 5 heteroatoms. The van der Waals surface area contributed by atoms with Crippen LogP contribution in [0.25, 0.3) is 10.9 Å². The zero-order chi connectivity index (χ0) is 15.4. The standard InChI is InChI=1S/C16H20N2O3/c1-3-4-9-18(2)14(19)10-12-11-7-5-6-8-13(11)17-15(12)16(20)21/h5-8,17H,3-4,9-10H2,1-2H3,(H,20,21). The van der Waals surface area contributed by atoms with Gasteiger partial charge in [0.05, 0.1) is 6.42 Å². The van der Waals surface area contributed by atoms with E-state index in [1.165, 1.54) is 0 Å². The van der Waals surface area contributed by atoms with Crippen LogP contribution in [0.15, 0.2) is 24.3 Å². The second kappa shape index (κ2) is 6.43. The molecule has 0 saturated heterocycles. The van der Waals surface area contributed by atoms with Crippen LogP contribution >= 0.6 is 0 Å². The Hall–Kier alpha value is -2.30. The number of rotatable bonds is 6. The zero-order valence-electron chi connectivity index (χ0n) is 12.3. The van der Waals surface area contributed by atoms with Gasteiger partial charge < -0.3 is 15.0 Å². The summed E-state index contributed by atoms with van der Waals surface area (Å²) in [6.07, 6.45) is 2.07. The van der Waals surface area contributed by atoms with Crippen molar-refractivity contribution in [3.05, 3.63) is 35.5 Å². The van der Waals surface area contributed by atoms with E-state index < -0.39 is 5.97 Å². The van der Waals surface area contributed by atoms with Crippen LogP contribution < -0.4 is 0 Å². The molecule has 1 aromatic heterocycles. The van der Waals surface area contributed by atoms with E-state index in [1.807, 2.05) is 24.3 Å². The Morgan fingerprint density at radius 3 is 2.67 bits per heavy atom. The maximum Gasteiger partial charge on any atom is 0.352 e. The van der Waals surface area contributed by atoms with Gasteiger partial charge in [0.15, 0.2) is 0 Å². The molecule has 0 aliphatic rings. The third-order valence-corrected chi connectivity index (χ3v) is 3.63. The minimum Gasteiger partial charge on any atom is -0.477 e. The van der Waals surface area contributed by atoms with Crippen molar-refractivity contribution >= 4 is 22.8 Å². The summed E-state index contributed by atoms with van der Waals surface area (Å²) in [6.45, 7) is 2.76. The van der Waals surface area contributed by atoms with E-state index >= 15 is 0 Å². The number of hydrogen-bond acceptors (Lipinski definition) is 2. The molecule has 21 heavy (non-hydrogen) atoms. The smallest absolute Gasteiger partial charge is 0.352 e. The van der Waals surface area contributed by atoms with Gasteiger partial charge in [0.1, 0.15) is 5.69 Å². The molecule has 0 atom stereocenters. The molecular weight excluding hydrogens is 268 g/mol. The molecule has 0 bridgehead atoms. The lowest BCUT2D eigenvalue weighted by molar-refractivity contribution is -0.129. The van der Waals surface area contributed by atoms with Gasteiger partial charge in [-0.15, -0.1) is 0 Å². The molecule has 0 radical (unpaired) electrons. The average Bonchev–Trinajstić information content (AvgIpc) is 2.84. The fraction of sp³-hybridized carbons (Fsp3) is 0.375. The number of amides is 1. The number of likely N-dealkylation sites (N-methyl/N-ethyl adjacent to an activating group) is 1. The monoisotopic (exact) mass is 288 g/mol. The Morgan fingerprint density at radius 2 is 2.00 bits per heavy atom. The molecule has 1 aromatic carbocycles. The van der Waals surface area contributed by atoms with Crippen LogP contribution in [-0.4, -0.2) is 40.5 Å². The third kappa shape index (κ3) is 3.24. The van der Waals surface area contributed by atoms with Gasteiger partial charge in [0.25, 0.3) is 0 Å². The lowest BCUT2D eigenvalue weighted by Gasteiger charge is -2.16. The second-order valence-corrected chi connectivity index (χ2v) is 5.17. The summed E-state index contributed by atoms with van der Waals surface area (Å²) in [6, 6.07) is 7.34. The maximum absolute atomic E-state index is 12.3. The van der Waals surface area contributed by atoms with Gasteiger partial charge in [-0.1, -0.05) is 31.5 Å². The van der Waals surface area contributed by atoms with Gasteiger partial charge in [0.2, 0.25) is 5.91 Å². The van der Waals surface area contributed by atoms with Crippen molar-refractivity contribution in [2.24, 2.45) is 0 Å². The maximum atomic E-state index is 12.3. The third-order valence-electron chi connectivity index (χ3n) is 3.63. The summed E-state index contributed by atoms with van der Waals surface area (Å²) < 4.78 is 0. The van der Waals surface area contributed by atoms with Crippen LogP contribution in [0.3, 0.4) is 0 Å². The lowest BCUT2D eigenvalue weighted by atomic mass is 10.1. The van der Waals surface area contributed by atoms with Crippen LogP contribution in [-0.2, 0) is 11.2 Å². The quantitative estimate of drug-likeness (QED) is 0.858. The number of aromatic carboxylic acids is 1. The van der Waals surface area contributed by atoms with Gasteiger partial charge in [-0.05, 0) is 12.5 Å². The van der Waals surface area contributed by atoms with Gasteiger partial charge in [0, 0.05) is 30.1 Å². The van der Waals surface area contributed by atoms with Gasteiger partial charge in [-0.2, -0.15) is 0 Å².